The number of hydrogen-bond acceptors (Lipinski definition) is 3. The van der Waals surface area contributed by atoms with Crippen molar-refractivity contribution in [3.05, 3.63) is 18.0 Å². The number of carbonyl (C=O) groups excluding carboxylic acids is 1. The van der Waals surface area contributed by atoms with Crippen molar-refractivity contribution in [1.29, 1.82) is 0 Å². The molecule has 1 atom stereocenters. The monoisotopic (exact) mass is 236 g/mol. The van der Waals surface area contributed by atoms with Crippen molar-refractivity contribution in [3.63, 3.8) is 0 Å². The summed E-state index contributed by atoms with van der Waals surface area (Å²) in [5.41, 5.74) is 0.542. The van der Waals surface area contributed by atoms with Crippen LogP contribution in [0.1, 0.15) is 36.3 Å². The summed E-state index contributed by atoms with van der Waals surface area (Å²) in [5.74, 6) is -0.00461. The standard InChI is InChI=1S/C12H20N4O/c1-3-15(2)12(17)11-6-8-16(14-11)10-5-4-7-13-9-10/h6,8,10,13H,3-5,7,9H2,1-2H3. The lowest BCUT2D eigenvalue weighted by Gasteiger charge is -2.23. The molecule has 0 saturated carbocycles. The highest BCUT2D eigenvalue weighted by Crippen LogP contribution is 2.16. The van der Waals surface area contributed by atoms with Crippen LogP contribution in [-0.2, 0) is 0 Å². The molecule has 0 radical (unpaired) electrons. The fraction of sp³-hybridized carbons (Fsp3) is 0.667. The van der Waals surface area contributed by atoms with Crippen molar-refractivity contribution in [2.45, 2.75) is 25.8 Å². The number of hydrogen-bond donors (Lipinski definition) is 1. The maximum atomic E-state index is 11.9. The van der Waals surface area contributed by atoms with E-state index in [1.165, 1.54) is 6.42 Å². The predicted octanol–water partition coefficient (Wildman–Crippen LogP) is 0.899. The Balaban J connectivity index is 2.07. The van der Waals surface area contributed by atoms with Gasteiger partial charge in [-0.1, -0.05) is 0 Å². The summed E-state index contributed by atoms with van der Waals surface area (Å²) >= 11 is 0. The summed E-state index contributed by atoms with van der Waals surface area (Å²) in [6.45, 7) is 4.69. The van der Waals surface area contributed by atoms with Gasteiger partial charge >= 0.3 is 0 Å². The summed E-state index contributed by atoms with van der Waals surface area (Å²) in [4.78, 5) is 13.6. The van der Waals surface area contributed by atoms with Crippen LogP contribution in [0.3, 0.4) is 0 Å². The van der Waals surface area contributed by atoms with Gasteiger partial charge in [-0.15, -0.1) is 0 Å². The molecule has 17 heavy (non-hydrogen) atoms. The molecular weight excluding hydrogens is 216 g/mol. The van der Waals surface area contributed by atoms with Gasteiger partial charge in [-0.25, -0.2) is 0 Å². The zero-order valence-corrected chi connectivity index (χ0v) is 10.5. The van der Waals surface area contributed by atoms with E-state index in [9.17, 15) is 4.79 Å². The van der Waals surface area contributed by atoms with Crippen molar-refractivity contribution in [3.8, 4) is 0 Å². The molecule has 5 heteroatoms. The molecule has 1 amide bonds. The predicted molar refractivity (Wildman–Crippen MR) is 66.0 cm³/mol. The van der Waals surface area contributed by atoms with E-state index < -0.39 is 0 Å². The third-order valence-electron chi connectivity index (χ3n) is 3.29. The van der Waals surface area contributed by atoms with Crippen LogP contribution in [0, 0.1) is 0 Å². The molecule has 1 saturated heterocycles. The van der Waals surface area contributed by atoms with E-state index in [2.05, 4.69) is 10.4 Å². The Labute approximate surface area is 102 Å². The van der Waals surface area contributed by atoms with Crippen LogP contribution >= 0.6 is 0 Å². The topological polar surface area (TPSA) is 50.2 Å². The highest BCUT2D eigenvalue weighted by atomic mass is 16.2. The van der Waals surface area contributed by atoms with Crippen LogP contribution < -0.4 is 5.32 Å². The molecule has 0 aliphatic carbocycles. The van der Waals surface area contributed by atoms with E-state index >= 15 is 0 Å². The Morgan fingerprint density at radius 2 is 2.53 bits per heavy atom. The lowest BCUT2D eigenvalue weighted by atomic mass is 10.1. The van der Waals surface area contributed by atoms with Crippen molar-refractivity contribution in [2.75, 3.05) is 26.7 Å². The molecule has 0 spiro atoms. The molecule has 0 bridgehead atoms. The first kappa shape index (κ1) is 12.1. The average Bonchev–Trinajstić information content (AvgIpc) is 2.87. The highest BCUT2D eigenvalue weighted by molar-refractivity contribution is 5.91. The number of nitrogens with one attached hydrogen (secondary N) is 1. The largest absolute Gasteiger partial charge is 0.341 e. The zero-order chi connectivity index (χ0) is 12.3. The van der Waals surface area contributed by atoms with Crippen molar-refractivity contribution >= 4 is 5.91 Å². The molecule has 2 heterocycles. The number of rotatable bonds is 3. The van der Waals surface area contributed by atoms with Crippen LogP contribution in [0.2, 0.25) is 0 Å². The van der Waals surface area contributed by atoms with E-state index in [0.717, 1.165) is 19.5 Å². The average molecular weight is 236 g/mol. The summed E-state index contributed by atoms with van der Waals surface area (Å²) < 4.78 is 1.92. The van der Waals surface area contributed by atoms with Crippen LogP contribution in [0.5, 0.6) is 0 Å². The van der Waals surface area contributed by atoms with Crippen LogP contribution in [-0.4, -0.2) is 47.3 Å². The Morgan fingerprint density at radius 1 is 1.71 bits per heavy atom. The fourth-order valence-electron chi connectivity index (χ4n) is 2.05. The van der Waals surface area contributed by atoms with E-state index in [1.807, 2.05) is 23.9 Å². The van der Waals surface area contributed by atoms with E-state index in [1.54, 1.807) is 11.9 Å². The molecule has 1 aromatic heterocycles. The Hall–Kier alpha value is -1.36. The fourth-order valence-corrected chi connectivity index (χ4v) is 2.05. The van der Waals surface area contributed by atoms with Gasteiger partial charge < -0.3 is 10.2 Å². The molecule has 1 N–H and O–H groups in total. The molecule has 94 valence electrons. The van der Waals surface area contributed by atoms with E-state index in [4.69, 9.17) is 0 Å². The maximum absolute atomic E-state index is 11.9. The Bertz CT molecular complexity index is 382. The second-order valence-electron chi connectivity index (χ2n) is 4.50. The molecule has 1 aliphatic rings. The van der Waals surface area contributed by atoms with Crippen LogP contribution in [0.15, 0.2) is 12.3 Å². The smallest absolute Gasteiger partial charge is 0.274 e. The SMILES string of the molecule is CCN(C)C(=O)c1ccn(C2CCCNC2)n1. The normalized spacial score (nSPS) is 20.2. The summed E-state index contributed by atoms with van der Waals surface area (Å²) in [5, 5.41) is 7.74. The quantitative estimate of drug-likeness (QED) is 0.848. The molecule has 0 aromatic carbocycles. The number of amides is 1. The van der Waals surface area contributed by atoms with Gasteiger partial charge in [-0.05, 0) is 32.4 Å². The third kappa shape index (κ3) is 2.66. The van der Waals surface area contributed by atoms with Gasteiger partial charge in [0.15, 0.2) is 0 Å². The minimum atomic E-state index is -0.00461. The van der Waals surface area contributed by atoms with Gasteiger partial charge in [-0.3, -0.25) is 9.48 Å². The third-order valence-corrected chi connectivity index (χ3v) is 3.29. The summed E-state index contributed by atoms with van der Waals surface area (Å²) in [6, 6.07) is 2.19. The molecule has 1 aromatic rings. The second-order valence-corrected chi connectivity index (χ2v) is 4.50. The molecule has 2 rings (SSSR count). The minimum absolute atomic E-state index is 0.00461. The molecule has 1 unspecified atom stereocenters. The van der Waals surface area contributed by atoms with Crippen molar-refractivity contribution in [2.24, 2.45) is 0 Å². The van der Waals surface area contributed by atoms with Gasteiger partial charge in [0.1, 0.15) is 5.69 Å². The lowest BCUT2D eigenvalue weighted by molar-refractivity contribution is 0.0795. The Morgan fingerprint density at radius 3 is 3.18 bits per heavy atom. The number of carbonyl (C=O) groups is 1. The first-order valence-corrected chi connectivity index (χ1v) is 6.23. The van der Waals surface area contributed by atoms with Gasteiger partial charge in [0, 0.05) is 26.3 Å². The van der Waals surface area contributed by atoms with Crippen molar-refractivity contribution in [1.82, 2.24) is 20.0 Å². The van der Waals surface area contributed by atoms with E-state index in [0.29, 0.717) is 18.3 Å². The second kappa shape index (κ2) is 5.31. The number of nitrogens with zero attached hydrogens (tertiary/aromatic N) is 3. The maximum Gasteiger partial charge on any atom is 0.274 e. The summed E-state index contributed by atoms with van der Waals surface area (Å²) in [6.07, 6.45) is 4.21. The minimum Gasteiger partial charge on any atom is -0.341 e. The lowest BCUT2D eigenvalue weighted by Crippen LogP contribution is -2.32. The summed E-state index contributed by atoms with van der Waals surface area (Å²) in [7, 11) is 1.80. The first-order chi connectivity index (χ1) is 8.22. The molecule has 1 aliphatic heterocycles. The van der Waals surface area contributed by atoms with Crippen molar-refractivity contribution < 1.29 is 4.79 Å². The van der Waals surface area contributed by atoms with Crippen LogP contribution in [0.4, 0.5) is 0 Å². The number of aromatic nitrogens is 2. The van der Waals surface area contributed by atoms with Crippen LogP contribution in [0.25, 0.3) is 0 Å². The Kier molecular flexibility index (Phi) is 3.78. The molecular formula is C12H20N4O. The highest BCUT2D eigenvalue weighted by Gasteiger charge is 2.18. The zero-order valence-electron chi connectivity index (χ0n) is 10.5. The first-order valence-electron chi connectivity index (χ1n) is 6.23. The van der Waals surface area contributed by atoms with Gasteiger partial charge in [0.05, 0.1) is 6.04 Å². The van der Waals surface area contributed by atoms with Gasteiger partial charge in [-0.2, -0.15) is 5.10 Å². The molecule has 1 fully saturated rings. The van der Waals surface area contributed by atoms with E-state index in [-0.39, 0.29) is 5.91 Å². The van der Waals surface area contributed by atoms with Gasteiger partial charge in [0.25, 0.3) is 5.91 Å². The molecule has 5 nitrogen and oxygen atoms in total. The van der Waals surface area contributed by atoms with Gasteiger partial charge in [0.2, 0.25) is 0 Å². The number of piperidine rings is 1.